The molecular formula is C43H54N2O21Si4. The summed E-state index contributed by atoms with van der Waals surface area (Å²) < 4.78 is 75.5. The van der Waals surface area contributed by atoms with Gasteiger partial charge >= 0.3 is 53.6 Å². The molecule has 378 valence electrons. The Morgan fingerprint density at radius 3 is 1.70 bits per heavy atom. The third-order valence-electron chi connectivity index (χ3n) is 10.9. The fourth-order valence-corrected chi connectivity index (χ4v) is 15.3. The highest BCUT2D eigenvalue weighted by Crippen LogP contribution is 2.36. The van der Waals surface area contributed by atoms with E-state index in [1.807, 2.05) is 0 Å². The zero-order valence-corrected chi connectivity index (χ0v) is 43.9. The first-order valence-corrected chi connectivity index (χ1v) is 28.6. The molecule has 0 spiro atoms. The lowest BCUT2D eigenvalue weighted by atomic mass is 9.88. The molecule has 23 nitrogen and oxygen atoms in total. The van der Waals surface area contributed by atoms with Crippen LogP contribution >= 0.6 is 0 Å². The van der Waals surface area contributed by atoms with Crippen LogP contribution in [-0.2, 0) is 82.8 Å². The van der Waals surface area contributed by atoms with Crippen molar-refractivity contribution in [3.05, 3.63) is 118 Å². The minimum Gasteiger partial charge on any atom is -0.478 e. The predicted octanol–water partition coefficient (Wildman–Crippen LogP) is 3.69. The Hall–Kier alpha value is -5.45. The fraction of sp³-hybridized carbons (Fsp3) is 0.349. The third-order valence-corrected chi connectivity index (χ3v) is 21.7. The average molecular weight is 1050 g/mol. The summed E-state index contributed by atoms with van der Waals surface area (Å²) in [6.07, 6.45) is 4.77. The predicted molar refractivity (Wildman–Crippen MR) is 250 cm³/mol. The number of hydrogen-bond donors (Lipinski definition) is 2. The van der Waals surface area contributed by atoms with Crippen LogP contribution in [-0.4, -0.2) is 147 Å². The topological polar surface area (TPSA) is 267 Å². The van der Waals surface area contributed by atoms with E-state index in [0.29, 0.717) is 17.8 Å². The lowest BCUT2D eigenvalue weighted by Gasteiger charge is -2.31. The van der Waals surface area contributed by atoms with E-state index in [9.17, 15) is 33.9 Å². The minimum atomic E-state index is -3.92. The maximum atomic E-state index is 13.6. The molecule has 1 fully saturated rings. The number of imide groups is 1. The number of aromatic carboxylic acids is 1. The Kier molecular flexibility index (Phi) is 19.1. The number of esters is 2. The van der Waals surface area contributed by atoms with Gasteiger partial charge in [0.05, 0.1) is 34.2 Å². The molecule has 3 aromatic rings. The number of carbonyl (C=O) groups excluding carboxylic acids is 5. The summed E-state index contributed by atoms with van der Waals surface area (Å²) in [5.74, 6) is -6.72. The van der Waals surface area contributed by atoms with Gasteiger partial charge in [-0.05, 0) is 60.0 Å². The van der Waals surface area contributed by atoms with Gasteiger partial charge in [-0.25, -0.2) is 19.3 Å². The standard InChI is InChI=1S/C43H54N2O21Si4/c1-53-67(9,54-2)65-70(59-7,60-8)64-27-62-43(52)35-22-15-30(24-37(35)41(49)50)38(46)44-32-17-11-28(12-18-32)23-29-13-19-33(20-14-29)45-39(47)34-21-16-31(25-36(34)40(45)48)42(51)61-26-63-68(10,55-3)66-69(56-4,57-5)58-6/h11-22,24-25,34,36H,23,26-27H2,1-10H3,(H,44,46)(H,49,50). The van der Waals surface area contributed by atoms with Crippen molar-refractivity contribution in [3.63, 3.8) is 0 Å². The van der Waals surface area contributed by atoms with Crippen LogP contribution in [0.5, 0.6) is 0 Å². The second-order valence-electron chi connectivity index (χ2n) is 15.1. The summed E-state index contributed by atoms with van der Waals surface area (Å²) in [7, 11) is -3.57. The number of nitrogens with one attached hydrogen (secondary N) is 1. The van der Waals surface area contributed by atoms with Crippen molar-refractivity contribution in [2.24, 2.45) is 11.8 Å². The van der Waals surface area contributed by atoms with E-state index < -0.39 is 102 Å². The quantitative estimate of drug-likeness (QED) is 0.0502. The van der Waals surface area contributed by atoms with Gasteiger partial charge in [0.2, 0.25) is 11.8 Å². The van der Waals surface area contributed by atoms with Gasteiger partial charge in [-0.1, -0.05) is 42.5 Å². The molecular weight excluding hydrogens is 993 g/mol. The first kappa shape index (κ1) is 55.5. The number of benzene rings is 3. The van der Waals surface area contributed by atoms with Gasteiger partial charge in [-0.2, -0.15) is 0 Å². The number of rotatable bonds is 26. The molecule has 70 heavy (non-hydrogen) atoms. The number of amides is 3. The van der Waals surface area contributed by atoms with Gasteiger partial charge in [-0.15, -0.1) is 0 Å². The number of nitrogens with zero attached hydrogens (tertiary/aromatic N) is 1. The second-order valence-corrected chi connectivity index (χ2v) is 26.0. The zero-order chi connectivity index (χ0) is 51.4. The number of fused-ring (bicyclic) bond motifs is 1. The molecule has 3 aromatic carbocycles. The first-order chi connectivity index (χ1) is 33.3. The number of ether oxygens (including phenoxy) is 2. The Labute approximate surface area is 407 Å². The molecule has 0 saturated carbocycles. The maximum absolute atomic E-state index is 13.6. The Morgan fingerprint density at radius 1 is 0.614 bits per heavy atom. The Bertz CT molecular complexity index is 2440. The van der Waals surface area contributed by atoms with Crippen LogP contribution < -0.4 is 10.2 Å². The van der Waals surface area contributed by atoms with E-state index in [0.717, 1.165) is 28.2 Å². The largest absolute Gasteiger partial charge is 0.674 e. The van der Waals surface area contributed by atoms with Crippen LogP contribution in [0.2, 0.25) is 13.1 Å². The molecule has 1 heterocycles. The summed E-state index contributed by atoms with van der Waals surface area (Å²) in [5.41, 5.74) is 1.62. The van der Waals surface area contributed by atoms with Crippen molar-refractivity contribution in [2.75, 3.05) is 80.7 Å². The van der Waals surface area contributed by atoms with Gasteiger partial charge < -0.3 is 72.4 Å². The Balaban J connectivity index is 1.15. The molecule has 1 aliphatic carbocycles. The maximum Gasteiger partial charge on any atom is 0.674 e. The fourth-order valence-electron chi connectivity index (χ4n) is 6.83. The normalized spacial score (nSPS) is 16.9. The number of anilines is 2. The average Bonchev–Trinajstić information content (AvgIpc) is 3.63. The highest BCUT2D eigenvalue weighted by molar-refractivity contribution is 6.71. The molecule has 1 saturated heterocycles. The minimum absolute atomic E-state index is 0.0486. The van der Waals surface area contributed by atoms with Crippen molar-refractivity contribution >= 4 is 82.7 Å². The SMILES string of the molecule is CO[Si](C)(OCOC(=O)C1=CC2C(=O)N(c3ccc(Cc4ccc(NC(=O)c5ccc(C(=O)OCO[Si](OC)(OC)O[Si](C)(OC)OC)c(C(=O)O)c5)cc4)cc3)C(=O)C2C=C1)O[Si](OC)(OC)OC. The summed E-state index contributed by atoms with van der Waals surface area (Å²) in [4.78, 5) is 79.5. The molecule has 5 rings (SSSR count). The van der Waals surface area contributed by atoms with Crippen molar-refractivity contribution < 1.29 is 95.8 Å². The van der Waals surface area contributed by atoms with Crippen molar-refractivity contribution in [3.8, 4) is 0 Å². The monoisotopic (exact) mass is 1050 g/mol. The van der Waals surface area contributed by atoms with E-state index in [1.54, 1.807) is 55.1 Å². The van der Waals surface area contributed by atoms with Gasteiger partial charge in [0.15, 0.2) is 13.6 Å². The van der Waals surface area contributed by atoms with Crippen LogP contribution in [0.15, 0.2) is 90.5 Å². The van der Waals surface area contributed by atoms with Crippen LogP contribution in [0.4, 0.5) is 11.4 Å². The molecule has 1 aliphatic heterocycles. The van der Waals surface area contributed by atoms with E-state index in [1.165, 1.54) is 87.7 Å². The van der Waals surface area contributed by atoms with Gasteiger partial charge in [-0.3, -0.25) is 14.4 Å². The lowest BCUT2D eigenvalue weighted by Crippen LogP contribution is -2.58. The molecule has 0 aromatic heterocycles. The van der Waals surface area contributed by atoms with Crippen molar-refractivity contribution in [1.82, 2.24) is 0 Å². The van der Waals surface area contributed by atoms with Gasteiger partial charge in [0, 0.05) is 81.2 Å². The summed E-state index contributed by atoms with van der Waals surface area (Å²) in [6, 6.07) is 17.2. The highest BCUT2D eigenvalue weighted by Gasteiger charge is 2.54. The highest BCUT2D eigenvalue weighted by atomic mass is 28.5. The van der Waals surface area contributed by atoms with Crippen LogP contribution in [0.25, 0.3) is 0 Å². The van der Waals surface area contributed by atoms with Crippen LogP contribution in [0, 0.1) is 11.8 Å². The first-order valence-electron chi connectivity index (χ1n) is 20.9. The molecule has 0 radical (unpaired) electrons. The number of carboxylic acids is 1. The molecule has 3 atom stereocenters. The number of carbonyl (C=O) groups is 6. The summed E-state index contributed by atoms with van der Waals surface area (Å²) >= 11 is 0. The van der Waals surface area contributed by atoms with E-state index in [2.05, 4.69) is 5.32 Å². The molecule has 2 N–H and O–H groups in total. The van der Waals surface area contributed by atoms with E-state index in [4.69, 9.17) is 62.0 Å². The molecule has 0 bridgehead atoms. The van der Waals surface area contributed by atoms with Gasteiger partial charge in [0.1, 0.15) is 0 Å². The lowest BCUT2D eigenvalue weighted by molar-refractivity contribution is -0.147. The molecule has 27 heteroatoms. The van der Waals surface area contributed by atoms with E-state index >= 15 is 0 Å². The molecule has 2 aliphatic rings. The van der Waals surface area contributed by atoms with Crippen LogP contribution in [0.1, 0.15) is 42.2 Å². The zero-order valence-electron chi connectivity index (χ0n) is 39.9. The summed E-state index contributed by atoms with van der Waals surface area (Å²) in [6.45, 7) is 1.79. The summed E-state index contributed by atoms with van der Waals surface area (Å²) in [5, 5.41) is 12.6. The van der Waals surface area contributed by atoms with Crippen LogP contribution in [0.3, 0.4) is 0 Å². The van der Waals surface area contributed by atoms with Gasteiger partial charge in [0.25, 0.3) is 5.91 Å². The Morgan fingerprint density at radius 2 is 1.14 bits per heavy atom. The van der Waals surface area contributed by atoms with Crippen molar-refractivity contribution in [1.29, 1.82) is 0 Å². The molecule has 3 unspecified atom stereocenters. The van der Waals surface area contributed by atoms with Crippen molar-refractivity contribution in [2.45, 2.75) is 19.5 Å². The third kappa shape index (κ3) is 13.1. The second kappa shape index (κ2) is 24.1. The number of hydrogen-bond acceptors (Lipinski definition) is 20. The molecule has 3 amide bonds. The number of carboxylic acid groups (broad SMARTS) is 1. The smallest absolute Gasteiger partial charge is 0.478 e. The van der Waals surface area contributed by atoms with E-state index in [-0.39, 0.29) is 16.7 Å².